The molecule has 0 bridgehead atoms. The third kappa shape index (κ3) is 15.9. The number of nitrogens with zero attached hydrogens (tertiary/aromatic N) is 8. The van der Waals surface area contributed by atoms with Gasteiger partial charge < -0.3 is 34.9 Å². The first-order valence-corrected chi connectivity index (χ1v) is 40.7. The fraction of sp³-hybridized carbons (Fsp3) is 0.314. The van der Waals surface area contributed by atoms with Gasteiger partial charge >= 0.3 is 6.09 Å². The fourth-order valence-corrected chi connectivity index (χ4v) is 19.4. The summed E-state index contributed by atoms with van der Waals surface area (Å²) in [6.45, 7) is 22.8. The Labute approximate surface area is 637 Å². The van der Waals surface area contributed by atoms with E-state index in [1.165, 1.54) is 6.92 Å². The van der Waals surface area contributed by atoms with Crippen LogP contribution in [0.5, 0.6) is 0 Å². The summed E-state index contributed by atoms with van der Waals surface area (Å²) in [5.41, 5.74) is 13.2. The Morgan fingerprint density at radius 2 is 1.03 bits per heavy atom. The summed E-state index contributed by atoms with van der Waals surface area (Å²) in [4.78, 5) is 77.3. The molecule has 562 valence electrons. The largest absolute Gasteiger partial charge is 0.444 e. The van der Waals surface area contributed by atoms with E-state index < -0.39 is 49.9 Å². The van der Waals surface area contributed by atoms with Crippen LogP contribution in [0.3, 0.4) is 0 Å². The van der Waals surface area contributed by atoms with Crippen molar-refractivity contribution >= 4 is 60.9 Å². The topological polar surface area (TPSA) is 268 Å². The molecule has 3 amide bonds. The number of nitrogens with one attached hydrogen (secondary N) is 5. The van der Waals surface area contributed by atoms with Crippen molar-refractivity contribution in [2.45, 2.75) is 141 Å². The number of likely N-dealkylation sites (N-methyl/N-ethyl adjacent to an activating group) is 1. The molecule has 7 aromatic carbocycles. The molecule has 7 heterocycles. The molecular weight excluding hydrogens is 1410 g/mol. The number of amides is 3. The van der Waals surface area contributed by atoms with Crippen molar-refractivity contribution in [2.24, 2.45) is 5.92 Å². The van der Waals surface area contributed by atoms with Crippen LogP contribution in [0.2, 0.25) is 0 Å². The average molecular weight is 1500 g/mol. The van der Waals surface area contributed by atoms with E-state index in [9.17, 15) is 31.2 Å². The zero-order valence-corrected chi connectivity index (χ0v) is 64.3. The van der Waals surface area contributed by atoms with Crippen LogP contribution in [-0.4, -0.2) is 131 Å². The number of rotatable bonds is 25. The second-order valence-electron chi connectivity index (χ2n) is 29.9. The van der Waals surface area contributed by atoms with E-state index in [0.29, 0.717) is 79.1 Å². The molecule has 5 unspecified atom stereocenters. The fourth-order valence-electron chi connectivity index (χ4n) is 15.9. The van der Waals surface area contributed by atoms with Gasteiger partial charge in [-0.2, -0.15) is 8.61 Å². The average Bonchev–Trinajstić information content (AvgIpc) is 1.75. The molecule has 14 rings (SSSR count). The van der Waals surface area contributed by atoms with Crippen LogP contribution in [0.25, 0.3) is 90.2 Å². The summed E-state index contributed by atoms with van der Waals surface area (Å²) in [7, 11) is -7.49. The maximum absolute atomic E-state index is 14.8. The lowest BCUT2D eigenvalue weighted by molar-refractivity contribution is -0.138. The first-order chi connectivity index (χ1) is 52.5. The van der Waals surface area contributed by atoms with E-state index in [1.54, 1.807) is 19.6 Å². The molecule has 3 fully saturated rings. The van der Waals surface area contributed by atoms with Gasteiger partial charge in [0.1, 0.15) is 34.9 Å². The molecule has 3 aliphatic heterocycles. The highest BCUT2D eigenvalue weighted by Gasteiger charge is 2.41. The molecular formula is C86H93N13O8S2. The van der Waals surface area contributed by atoms with Gasteiger partial charge in [-0.25, -0.2) is 41.6 Å². The molecule has 23 heteroatoms. The standard InChI is InChI=1S/C86H93N13O8S2/c1-10-63-64(11-2)69(41-39-65(63)59-31-35-61(36-32-59)71-48-87-80(92-71)75-28-19-43-97(75)84(101)79(54(4)5)91-55(6)100)73-50-90-83(95-73)78(96(12-3)85(102)107-86(7,8)9)47-57-24-18-25-58(46-57)53-109(105,106)99-45-21-30-77(99)82-89-51-74(94-82)70-42-40-66(67-26-16-17-27-68(67)70)60-33-37-62(38-34-60)72-49-88-81(93-72)76-29-20-44-98(76)108(103,104)52-56-22-14-13-15-23-56/h10-11,13-18,22-27,31-42,46,48-51,54,75-79H,1-2,12,19-21,28-30,43-45,47,52-53H2,3-9H3,(H,87,92)(H,88,93)(H,89,94)(H,90,95)(H,91,100). The molecule has 5 N–H and O–H groups in total. The van der Waals surface area contributed by atoms with Gasteiger partial charge in [-0.05, 0) is 133 Å². The number of fused-ring (bicyclic) bond motifs is 1. The van der Waals surface area contributed by atoms with E-state index in [-0.39, 0.29) is 54.3 Å². The lowest BCUT2D eigenvalue weighted by atomic mass is 9.90. The van der Waals surface area contributed by atoms with Crippen LogP contribution < -0.4 is 5.32 Å². The van der Waals surface area contributed by atoms with Crippen LogP contribution >= 0.6 is 0 Å². The van der Waals surface area contributed by atoms with E-state index in [0.717, 1.165) is 108 Å². The molecule has 5 atom stereocenters. The third-order valence-electron chi connectivity index (χ3n) is 21.1. The van der Waals surface area contributed by atoms with E-state index in [2.05, 4.69) is 74.8 Å². The smallest absolute Gasteiger partial charge is 0.410 e. The van der Waals surface area contributed by atoms with Crippen molar-refractivity contribution in [3.8, 4) is 67.3 Å². The van der Waals surface area contributed by atoms with Crippen LogP contribution in [-0.2, 0) is 52.3 Å². The first-order valence-electron chi connectivity index (χ1n) is 37.5. The summed E-state index contributed by atoms with van der Waals surface area (Å²) < 4.78 is 66.2. The molecule has 4 aromatic heterocycles. The predicted octanol–water partition coefficient (Wildman–Crippen LogP) is 16.7. The van der Waals surface area contributed by atoms with E-state index in [1.807, 2.05) is 193 Å². The van der Waals surface area contributed by atoms with Crippen molar-refractivity contribution < 1.29 is 36.0 Å². The van der Waals surface area contributed by atoms with Crippen LogP contribution in [0.4, 0.5) is 4.79 Å². The number of aromatic nitrogens is 8. The summed E-state index contributed by atoms with van der Waals surface area (Å²) in [5.74, 6) is 1.68. The van der Waals surface area contributed by atoms with Crippen molar-refractivity contribution in [3.05, 3.63) is 241 Å². The number of carbonyl (C=O) groups excluding carboxylic acids is 3. The van der Waals surface area contributed by atoms with Crippen molar-refractivity contribution in [3.63, 3.8) is 0 Å². The zero-order chi connectivity index (χ0) is 76.5. The number of hydrogen-bond donors (Lipinski definition) is 5. The van der Waals surface area contributed by atoms with Gasteiger partial charge in [0.2, 0.25) is 31.9 Å². The monoisotopic (exact) mass is 1500 g/mol. The highest BCUT2D eigenvalue weighted by atomic mass is 32.2. The number of benzene rings is 7. The van der Waals surface area contributed by atoms with Crippen molar-refractivity contribution in [1.29, 1.82) is 0 Å². The summed E-state index contributed by atoms with van der Waals surface area (Å²) in [5, 5.41) is 4.87. The Balaban J connectivity index is 0.660. The molecule has 11 aromatic rings. The predicted molar refractivity (Wildman–Crippen MR) is 428 cm³/mol. The van der Waals surface area contributed by atoms with Crippen LogP contribution in [0.15, 0.2) is 190 Å². The van der Waals surface area contributed by atoms with Crippen molar-refractivity contribution in [1.82, 2.24) is 63.6 Å². The molecule has 0 spiro atoms. The van der Waals surface area contributed by atoms with Gasteiger partial charge in [-0.15, -0.1) is 0 Å². The maximum atomic E-state index is 14.8. The second kappa shape index (κ2) is 31.4. The highest BCUT2D eigenvalue weighted by molar-refractivity contribution is 7.88. The minimum absolute atomic E-state index is 0.0581. The number of hydrogen-bond acceptors (Lipinski definition) is 12. The van der Waals surface area contributed by atoms with Gasteiger partial charge in [0.25, 0.3) is 0 Å². The molecule has 109 heavy (non-hydrogen) atoms. The summed E-state index contributed by atoms with van der Waals surface area (Å²) in [6.07, 6.45) is 15.1. The van der Waals surface area contributed by atoms with Gasteiger partial charge in [-0.1, -0.05) is 191 Å². The summed E-state index contributed by atoms with van der Waals surface area (Å²) >= 11 is 0. The SMILES string of the molecule is C=Cc1c(-c2ccc(-c3c[nH]c(C4CCCN4C(=O)C(NC(C)=O)C(C)C)n3)cc2)ccc(-c2c[nH]c(C(Cc3cccc(CS(=O)(=O)N4CCCC4c4nc(-c5ccc(-c6ccc(-c7c[nH]c(C8CCCN8S(=O)(=O)Cc8ccccc8)n7)cc6)c6ccccc56)c[nH]4)c3)N(CC)C(=O)OC(C)(C)C)n2)c1C=C. The first kappa shape index (κ1) is 75.0. The third-order valence-corrected chi connectivity index (χ3v) is 24.8. The van der Waals surface area contributed by atoms with Gasteiger partial charge in [0.15, 0.2) is 0 Å². The van der Waals surface area contributed by atoms with E-state index >= 15 is 0 Å². The molecule has 0 aliphatic carbocycles. The number of H-pyrrole nitrogens is 4. The lowest BCUT2D eigenvalue weighted by Crippen LogP contribution is -2.50. The Kier molecular flexibility index (Phi) is 21.6. The number of imidazole rings is 4. The maximum Gasteiger partial charge on any atom is 0.410 e. The Morgan fingerprint density at radius 3 is 1.61 bits per heavy atom. The Bertz CT molecular complexity index is 5430. The number of aromatic amines is 4. The molecule has 21 nitrogen and oxygen atoms in total. The normalized spacial score (nSPS) is 17.1. The van der Waals surface area contributed by atoms with Gasteiger partial charge in [0, 0.05) is 86.6 Å². The quantitative estimate of drug-likeness (QED) is 0.0358. The summed E-state index contributed by atoms with van der Waals surface area (Å²) in [6, 6.07) is 47.2. The van der Waals surface area contributed by atoms with E-state index in [4.69, 9.17) is 24.7 Å². The number of ether oxygens (including phenoxy) is 1. The van der Waals surface area contributed by atoms with Crippen LogP contribution in [0, 0.1) is 5.92 Å². The minimum atomic E-state index is -3.91. The number of carbonyl (C=O) groups is 3. The highest BCUT2D eigenvalue weighted by Crippen LogP contribution is 2.43. The second-order valence-corrected chi connectivity index (χ2v) is 33.7. The van der Waals surface area contributed by atoms with Crippen molar-refractivity contribution in [2.75, 3.05) is 26.2 Å². The van der Waals surface area contributed by atoms with Gasteiger partial charge in [0.05, 0.1) is 58.4 Å². The molecule has 3 aliphatic rings. The number of sulfonamides is 2. The Morgan fingerprint density at radius 1 is 0.560 bits per heavy atom. The molecule has 3 saturated heterocycles. The Hall–Kier alpha value is -10.9. The number of likely N-dealkylation sites (tertiary alicyclic amines) is 1. The zero-order valence-electron chi connectivity index (χ0n) is 62.6. The molecule has 0 radical (unpaired) electrons. The minimum Gasteiger partial charge on any atom is -0.444 e. The lowest BCUT2D eigenvalue weighted by Gasteiger charge is -2.32. The van der Waals surface area contributed by atoms with Crippen LogP contribution in [0.1, 0.15) is 162 Å². The van der Waals surface area contributed by atoms with Gasteiger partial charge in [-0.3, -0.25) is 14.5 Å². The molecule has 0 saturated carbocycles.